The molecule has 2 N–H and O–H groups in total. The minimum Gasteiger partial charge on any atom is -0.397 e. The second kappa shape index (κ2) is 4.41. The van der Waals surface area contributed by atoms with E-state index in [9.17, 15) is 0 Å². The molecule has 1 heterocycles. The van der Waals surface area contributed by atoms with Gasteiger partial charge in [0.1, 0.15) is 0 Å². The first-order valence-corrected chi connectivity index (χ1v) is 5.25. The molecule has 82 valence electrons. The number of rotatable bonds is 2. The smallest absolute Gasteiger partial charge is 0.0831 e. The van der Waals surface area contributed by atoms with Gasteiger partial charge in [-0.05, 0) is 24.3 Å². The summed E-state index contributed by atoms with van der Waals surface area (Å²) in [5.41, 5.74) is 8.31. The van der Waals surface area contributed by atoms with Gasteiger partial charge >= 0.3 is 0 Å². The second-order valence-electron chi connectivity index (χ2n) is 3.45. The van der Waals surface area contributed by atoms with Crippen LogP contribution in [0, 0.1) is 0 Å². The van der Waals surface area contributed by atoms with Crippen molar-refractivity contribution < 1.29 is 0 Å². The van der Waals surface area contributed by atoms with Gasteiger partial charge in [-0.15, -0.1) is 0 Å². The Bertz CT molecular complexity index is 465. The Morgan fingerprint density at radius 1 is 1.25 bits per heavy atom. The number of aromatic nitrogens is 1. The topological polar surface area (TPSA) is 42.2 Å². The maximum Gasteiger partial charge on any atom is 0.0831 e. The van der Waals surface area contributed by atoms with Crippen molar-refractivity contribution in [3.63, 3.8) is 0 Å². The fourth-order valence-corrected chi connectivity index (χ4v) is 1.88. The lowest BCUT2D eigenvalue weighted by atomic mass is 10.2. The molecule has 3 nitrogen and oxygen atoms in total. The highest BCUT2D eigenvalue weighted by Crippen LogP contribution is 2.34. The number of anilines is 3. The molecule has 0 aliphatic heterocycles. The number of nitrogens with zero attached hydrogens (tertiary/aromatic N) is 2. The average Bonchev–Trinajstić information content (AvgIpc) is 2.30. The lowest BCUT2D eigenvalue weighted by molar-refractivity contribution is 1.18. The molecular formula is C12H12ClN3. The van der Waals surface area contributed by atoms with Gasteiger partial charge in [-0.25, -0.2) is 0 Å². The second-order valence-corrected chi connectivity index (χ2v) is 3.86. The van der Waals surface area contributed by atoms with Crippen molar-refractivity contribution in [2.45, 2.75) is 0 Å². The van der Waals surface area contributed by atoms with Crippen molar-refractivity contribution in [3.05, 3.63) is 47.7 Å². The third-order valence-corrected chi connectivity index (χ3v) is 2.69. The van der Waals surface area contributed by atoms with Gasteiger partial charge in [0.2, 0.25) is 0 Å². The number of hydrogen-bond donors (Lipinski definition) is 1. The van der Waals surface area contributed by atoms with Gasteiger partial charge in [0.15, 0.2) is 0 Å². The van der Waals surface area contributed by atoms with Gasteiger partial charge in [0, 0.05) is 13.2 Å². The largest absolute Gasteiger partial charge is 0.397 e. The predicted octanol–water partition coefficient (Wildman–Crippen LogP) is 3.09. The number of halogens is 1. The van der Waals surface area contributed by atoms with Gasteiger partial charge in [-0.2, -0.15) is 0 Å². The fourth-order valence-electron chi connectivity index (χ4n) is 1.57. The van der Waals surface area contributed by atoms with Crippen LogP contribution in [0.5, 0.6) is 0 Å². The van der Waals surface area contributed by atoms with Crippen molar-refractivity contribution in [3.8, 4) is 0 Å². The van der Waals surface area contributed by atoms with Crippen LogP contribution in [0.3, 0.4) is 0 Å². The highest BCUT2D eigenvalue weighted by molar-refractivity contribution is 6.34. The highest BCUT2D eigenvalue weighted by Gasteiger charge is 2.11. The van der Waals surface area contributed by atoms with E-state index in [-0.39, 0.29) is 0 Å². The number of nitrogen functional groups attached to an aromatic ring is 1. The lowest BCUT2D eigenvalue weighted by Crippen LogP contribution is -2.12. The van der Waals surface area contributed by atoms with Crippen LogP contribution in [0.1, 0.15) is 0 Å². The SMILES string of the molecule is CN(c1cccnc1)c1c(N)cccc1Cl. The average molecular weight is 234 g/mol. The summed E-state index contributed by atoms with van der Waals surface area (Å²) in [6.07, 6.45) is 3.50. The molecule has 0 saturated heterocycles. The molecule has 0 bridgehead atoms. The summed E-state index contributed by atoms with van der Waals surface area (Å²) in [6.45, 7) is 0. The normalized spacial score (nSPS) is 10.1. The van der Waals surface area contributed by atoms with Gasteiger partial charge in [-0.1, -0.05) is 17.7 Å². The van der Waals surface area contributed by atoms with Gasteiger partial charge < -0.3 is 10.6 Å². The molecule has 0 spiro atoms. The number of para-hydroxylation sites is 1. The van der Waals surface area contributed by atoms with Crippen LogP contribution in [0.15, 0.2) is 42.7 Å². The summed E-state index contributed by atoms with van der Waals surface area (Å²) in [7, 11) is 1.91. The van der Waals surface area contributed by atoms with Crippen LogP contribution in [0.25, 0.3) is 0 Å². The van der Waals surface area contributed by atoms with Gasteiger partial charge in [0.25, 0.3) is 0 Å². The lowest BCUT2D eigenvalue weighted by Gasteiger charge is -2.21. The summed E-state index contributed by atoms with van der Waals surface area (Å²) in [5, 5.41) is 0.631. The van der Waals surface area contributed by atoms with Crippen LogP contribution in [-0.2, 0) is 0 Å². The third kappa shape index (κ3) is 1.95. The zero-order valence-corrected chi connectivity index (χ0v) is 9.65. The summed E-state index contributed by atoms with van der Waals surface area (Å²) >= 11 is 6.13. The third-order valence-electron chi connectivity index (χ3n) is 2.39. The molecule has 0 amide bonds. The van der Waals surface area contributed by atoms with E-state index < -0.39 is 0 Å². The molecule has 0 aliphatic rings. The fraction of sp³-hybridized carbons (Fsp3) is 0.0833. The van der Waals surface area contributed by atoms with E-state index in [2.05, 4.69) is 4.98 Å². The molecule has 0 fully saturated rings. The highest BCUT2D eigenvalue weighted by atomic mass is 35.5. The van der Waals surface area contributed by atoms with E-state index in [1.807, 2.05) is 42.3 Å². The van der Waals surface area contributed by atoms with E-state index >= 15 is 0 Å². The van der Waals surface area contributed by atoms with Crippen molar-refractivity contribution in [1.82, 2.24) is 4.98 Å². The first-order valence-electron chi connectivity index (χ1n) is 4.88. The summed E-state index contributed by atoms with van der Waals surface area (Å²) in [6, 6.07) is 9.31. The van der Waals surface area contributed by atoms with E-state index in [1.165, 1.54) is 0 Å². The summed E-state index contributed by atoms with van der Waals surface area (Å²) in [5.74, 6) is 0. The van der Waals surface area contributed by atoms with Crippen LogP contribution >= 0.6 is 11.6 Å². The molecule has 0 saturated carbocycles. The Balaban J connectivity index is 2.46. The van der Waals surface area contributed by atoms with Crippen LogP contribution in [0.2, 0.25) is 5.02 Å². The number of hydrogen-bond acceptors (Lipinski definition) is 3. The Morgan fingerprint density at radius 2 is 2.06 bits per heavy atom. The molecule has 4 heteroatoms. The molecular weight excluding hydrogens is 222 g/mol. The van der Waals surface area contributed by atoms with E-state index in [1.54, 1.807) is 12.4 Å². The maximum atomic E-state index is 6.13. The van der Waals surface area contributed by atoms with Crippen molar-refractivity contribution >= 4 is 28.7 Å². The standard InChI is InChI=1S/C12H12ClN3/c1-16(9-4-3-7-15-8-9)12-10(13)5-2-6-11(12)14/h2-8H,14H2,1H3. The van der Waals surface area contributed by atoms with Gasteiger partial charge in [0.05, 0.1) is 28.3 Å². The number of nitrogens with two attached hydrogens (primary N) is 1. The first-order chi connectivity index (χ1) is 7.70. The van der Waals surface area contributed by atoms with Gasteiger partial charge in [-0.3, -0.25) is 4.98 Å². The minimum absolute atomic E-state index is 0.631. The number of benzene rings is 1. The Labute approximate surface area is 99.5 Å². The van der Waals surface area contributed by atoms with Crippen molar-refractivity contribution in [2.24, 2.45) is 0 Å². The molecule has 0 aliphatic carbocycles. The van der Waals surface area contributed by atoms with Crippen LogP contribution in [-0.4, -0.2) is 12.0 Å². The molecule has 2 aromatic rings. The van der Waals surface area contributed by atoms with Crippen LogP contribution < -0.4 is 10.6 Å². The van der Waals surface area contributed by atoms with Crippen LogP contribution in [0.4, 0.5) is 17.1 Å². The summed E-state index contributed by atoms with van der Waals surface area (Å²) < 4.78 is 0. The summed E-state index contributed by atoms with van der Waals surface area (Å²) in [4.78, 5) is 5.99. The monoisotopic (exact) mass is 233 g/mol. The van der Waals surface area contributed by atoms with Crippen molar-refractivity contribution in [1.29, 1.82) is 0 Å². The zero-order chi connectivity index (χ0) is 11.5. The quantitative estimate of drug-likeness (QED) is 0.811. The minimum atomic E-state index is 0.631. The maximum absolute atomic E-state index is 6.13. The Hall–Kier alpha value is -1.74. The number of pyridine rings is 1. The zero-order valence-electron chi connectivity index (χ0n) is 8.89. The van der Waals surface area contributed by atoms with E-state index in [0.717, 1.165) is 11.4 Å². The Morgan fingerprint density at radius 3 is 2.69 bits per heavy atom. The van der Waals surface area contributed by atoms with Crippen molar-refractivity contribution in [2.75, 3.05) is 17.7 Å². The van der Waals surface area contributed by atoms with E-state index in [4.69, 9.17) is 17.3 Å². The van der Waals surface area contributed by atoms with E-state index in [0.29, 0.717) is 10.7 Å². The molecule has 1 aromatic carbocycles. The predicted molar refractivity (Wildman–Crippen MR) is 68.2 cm³/mol. The Kier molecular flexibility index (Phi) is 2.97. The molecule has 0 radical (unpaired) electrons. The molecule has 1 aromatic heterocycles. The molecule has 0 atom stereocenters. The molecule has 0 unspecified atom stereocenters. The first kappa shape index (κ1) is 10.8. The molecule has 2 rings (SSSR count). The molecule has 16 heavy (non-hydrogen) atoms.